The molecule has 42 heavy (non-hydrogen) atoms. The Hall–Kier alpha value is -5.02. The molecule has 2 aromatic carbocycles. The van der Waals surface area contributed by atoms with Crippen molar-refractivity contribution in [1.29, 1.82) is 0 Å². The molecular weight excluding hydrogens is 577 g/mol. The van der Waals surface area contributed by atoms with Crippen LogP contribution in [-0.2, 0) is 12.4 Å². The molecule has 0 unspecified atom stereocenters. The Balaban J connectivity index is 1.58. The third kappa shape index (κ3) is 6.64. The van der Waals surface area contributed by atoms with Gasteiger partial charge in [0.25, 0.3) is 11.8 Å². The molecule has 0 radical (unpaired) electrons. The van der Waals surface area contributed by atoms with E-state index in [-0.39, 0.29) is 27.6 Å². The average molecular weight is 596 g/mol. The molecule has 0 aliphatic heterocycles. The third-order valence-corrected chi connectivity index (χ3v) is 5.51. The van der Waals surface area contributed by atoms with Crippen molar-refractivity contribution in [3.05, 3.63) is 89.3 Å². The molecule has 0 fully saturated rings. The van der Waals surface area contributed by atoms with Gasteiger partial charge in [-0.3, -0.25) is 14.6 Å². The zero-order chi connectivity index (χ0) is 30.7. The molecule has 0 spiro atoms. The number of anilines is 1. The van der Waals surface area contributed by atoms with Crippen molar-refractivity contribution in [2.45, 2.75) is 25.7 Å². The molecule has 0 saturated carbocycles. The third-order valence-electron chi connectivity index (χ3n) is 5.51. The minimum Gasteiger partial charge on any atom is -0.454 e. The van der Waals surface area contributed by atoms with Crippen LogP contribution in [0.2, 0.25) is 0 Å². The second-order valence-corrected chi connectivity index (χ2v) is 8.55. The number of alkyl halides is 6. The van der Waals surface area contributed by atoms with Gasteiger partial charge in [-0.1, -0.05) is 24.3 Å². The van der Waals surface area contributed by atoms with Crippen molar-refractivity contribution >= 4 is 17.5 Å². The fourth-order valence-corrected chi connectivity index (χ4v) is 3.66. The zero-order valence-electron chi connectivity index (χ0n) is 21.3. The Morgan fingerprint density at radius 2 is 1.69 bits per heavy atom. The Morgan fingerprint density at radius 3 is 2.36 bits per heavy atom. The SMILES string of the molecule is CCCNC(=O)c1cc(Oc2ccc(NC(=O)c3nnn(-c4ccccc4C(F)(F)F)c3C(F)(F)F)cc2F)ccn1. The second-order valence-electron chi connectivity index (χ2n) is 8.55. The van der Waals surface area contributed by atoms with E-state index < -0.39 is 52.6 Å². The maximum atomic E-state index is 14.8. The summed E-state index contributed by atoms with van der Waals surface area (Å²) in [6, 6.07) is 8.84. The second kappa shape index (κ2) is 11.8. The van der Waals surface area contributed by atoms with Gasteiger partial charge in [-0.15, -0.1) is 5.10 Å². The predicted molar refractivity (Wildman–Crippen MR) is 133 cm³/mol. The lowest BCUT2D eigenvalue weighted by molar-refractivity contribution is -0.145. The van der Waals surface area contributed by atoms with E-state index in [1.165, 1.54) is 18.3 Å². The normalized spacial score (nSPS) is 11.7. The Labute approximate surface area is 232 Å². The number of pyridine rings is 1. The minimum atomic E-state index is -5.35. The van der Waals surface area contributed by atoms with Gasteiger partial charge in [-0.05, 0) is 36.8 Å². The summed E-state index contributed by atoms with van der Waals surface area (Å²) in [6.07, 6.45) is -8.43. The summed E-state index contributed by atoms with van der Waals surface area (Å²) in [4.78, 5) is 28.7. The highest BCUT2D eigenvalue weighted by atomic mass is 19.4. The van der Waals surface area contributed by atoms with Crippen LogP contribution in [0.3, 0.4) is 0 Å². The standard InChI is InChI=1S/C26H19F7N6O3/c1-2-10-35-23(40)18-13-15(9-11-34-18)42-20-8-7-14(12-17(20)27)36-24(41)21-22(26(31,32)33)39(38-37-21)19-6-4-3-5-16(19)25(28,29)30/h3-9,11-13H,2,10H2,1H3,(H,35,40)(H,36,41). The van der Waals surface area contributed by atoms with Gasteiger partial charge < -0.3 is 15.4 Å². The van der Waals surface area contributed by atoms with E-state index in [0.717, 1.165) is 36.4 Å². The van der Waals surface area contributed by atoms with Crippen LogP contribution in [0, 0.1) is 5.82 Å². The summed E-state index contributed by atoms with van der Waals surface area (Å²) < 4.78 is 102. The van der Waals surface area contributed by atoms with Crippen LogP contribution in [0.1, 0.15) is 45.6 Å². The molecular formula is C26H19F7N6O3. The molecule has 0 saturated heterocycles. The Kier molecular flexibility index (Phi) is 8.44. The van der Waals surface area contributed by atoms with Crippen LogP contribution in [0.25, 0.3) is 5.69 Å². The molecule has 4 rings (SSSR count). The van der Waals surface area contributed by atoms with Gasteiger partial charge in [0.2, 0.25) is 0 Å². The number of ether oxygens (including phenoxy) is 1. The highest BCUT2D eigenvalue weighted by Crippen LogP contribution is 2.38. The topological polar surface area (TPSA) is 111 Å². The number of aromatic nitrogens is 4. The maximum absolute atomic E-state index is 14.8. The number of hydrogen-bond donors (Lipinski definition) is 2. The number of carbonyl (C=O) groups excluding carboxylic acids is 2. The molecule has 0 bridgehead atoms. The Bertz CT molecular complexity index is 1620. The van der Waals surface area contributed by atoms with Gasteiger partial charge in [0.1, 0.15) is 11.4 Å². The molecule has 9 nitrogen and oxygen atoms in total. The number of rotatable bonds is 8. The van der Waals surface area contributed by atoms with Gasteiger partial charge in [-0.2, -0.15) is 26.3 Å². The van der Waals surface area contributed by atoms with Crippen LogP contribution in [0.15, 0.2) is 60.8 Å². The maximum Gasteiger partial charge on any atom is 0.435 e. The van der Waals surface area contributed by atoms with Crippen molar-refractivity contribution in [3.8, 4) is 17.2 Å². The zero-order valence-corrected chi connectivity index (χ0v) is 21.3. The summed E-state index contributed by atoms with van der Waals surface area (Å²) in [5.41, 5.74) is -5.96. The first-order valence-electron chi connectivity index (χ1n) is 12.0. The summed E-state index contributed by atoms with van der Waals surface area (Å²) in [7, 11) is 0. The predicted octanol–water partition coefficient (Wildman–Crippen LogP) is 6.02. The lowest BCUT2D eigenvalue weighted by Gasteiger charge is -2.15. The smallest absolute Gasteiger partial charge is 0.435 e. The van der Waals surface area contributed by atoms with Crippen molar-refractivity contribution in [2.24, 2.45) is 0 Å². The molecule has 2 aromatic heterocycles. The summed E-state index contributed by atoms with van der Waals surface area (Å²) >= 11 is 0. The molecule has 0 aliphatic carbocycles. The molecule has 2 N–H and O–H groups in total. The first-order chi connectivity index (χ1) is 19.8. The van der Waals surface area contributed by atoms with Crippen LogP contribution in [0.4, 0.5) is 36.4 Å². The lowest BCUT2D eigenvalue weighted by Crippen LogP contribution is -2.24. The van der Waals surface area contributed by atoms with Crippen molar-refractivity contribution < 1.29 is 45.1 Å². The summed E-state index contributed by atoms with van der Waals surface area (Å²) in [5.74, 6) is -3.33. The van der Waals surface area contributed by atoms with Gasteiger partial charge >= 0.3 is 12.4 Å². The lowest BCUT2D eigenvalue weighted by atomic mass is 10.1. The minimum absolute atomic E-state index is 0.0108. The van der Waals surface area contributed by atoms with Crippen LogP contribution in [-0.4, -0.2) is 38.3 Å². The van der Waals surface area contributed by atoms with Crippen LogP contribution < -0.4 is 15.4 Å². The van der Waals surface area contributed by atoms with E-state index >= 15 is 0 Å². The highest BCUT2D eigenvalue weighted by Gasteiger charge is 2.44. The first kappa shape index (κ1) is 30.0. The van der Waals surface area contributed by atoms with E-state index in [4.69, 9.17) is 4.74 Å². The van der Waals surface area contributed by atoms with Crippen LogP contribution in [0.5, 0.6) is 11.5 Å². The van der Waals surface area contributed by atoms with E-state index in [9.17, 15) is 40.3 Å². The molecule has 2 heterocycles. The molecule has 0 atom stereocenters. The molecule has 16 heteroatoms. The number of nitrogens with one attached hydrogen (secondary N) is 2. The van der Waals surface area contributed by atoms with Crippen molar-refractivity contribution in [2.75, 3.05) is 11.9 Å². The van der Waals surface area contributed by atoms with Gasteiger partial charge in [0.15, 0.2) is 23.0 Å². The number of carbonyl (C=O) groups is 2. The van der Waals surface area contributed by atoms with Crippen molar-refractivity contribution in [3.63, 3.8) is 0 Å². The molecule has 220 valence electrons. The largest absolute Gasteiger partial charge is 0.454 e. The first-order valence-corrected chi connectivity index (χ1v) is 12.0. The van der Waals surface area contributed by atoms with E-state index in [2.05, 4.69) is 20.6 Å². The highest BCUT2D eigenvalue weighted by molar-refractivity contribution is 6.03. The fourth-order valence-electron chi connectivity index (χ4n) is 3.66. The monoisotopic (exact) mass is 596 g/mol. The fraction of sp³-hybridized carbons (Fsp3) is 0.192. The Morgan fingerprint density at radius 1 is 0.952 bits per heavy atom. The number of nitrogens with zero attached hydrogens (tertiary/aromatic N) is 4. The molecule has 2 amide bonds. The van der Waals surface area contributed by atoms with Gasteiger partial charge in [-0.25, -0.2) is 9.07 Å². The van der Waals surface area contributed by atoms with E-state index in [0.29, 0.717) is 19.0 Å². The quantitative estimate of drug-likeness (QED) is 0.241. The van der Waals surface area contributed by atoms with Gasteiger partial charge in [0.05, 0.1) is 11.3 Å². The van der Waals surface area contributed by atoms with Gasteiger partial charge in [0, 0.05) is 30.6 Å². The van der Waals surface area contributed by atoms with Crippen molar-refractivity contribution in [1.82, 2.24) is 25.3 Å². The number of benzene rings is 2. The average Bonchev–Trinajstić information content (AvgIpc) is 3.39. The molecule has 0 aliphatic rings. The number of amides is 2. The number of halogens is 7. The summed E-state index contributed by atoms with van der Waals surface area (Å²) in [5, 5.41) is 11.0. The van der Waals surface area contributed by atoms with Crippen LogP contribution >= 0.6 is 0 Å². The molecule has 4 aromatic rings. The summed E-state index contributed by atoms with van der Waals surface area (Å²) in [6.45, 7) is 2.27. The van der Waals surface area contributed by atoms with E-state index in [1.807, 2.05) is 12.2 Å². The number of hydrogen-bond acceptors (Lipinski definition) is 6. The van der Waals surface area contributed by atoms with E-state index in [1.54, 1.807) is 0 Å². The number of para-hydroxylation sites is 1.